The van der Waals surface area contributed by atoms with Crippen LogP contribution >= 0.6 is 0 Å². The standard InChI is InChI=1S/C59H42/c1-6-20-44(21-7-1)56(45-22-8-2-9-23-45)42-43-34-36-46(37-35-43)57-52-30-16-18-32-54(52)58(55-33-19-17-31-53(55)57)47-38-40-51(41-39-47)59(48-24-10-3-11-25-48,49-26-12-4-13-27-49)50-28-14-5-15-29-50/h1-42H. The minimum absolute atomic E-state index is 0.499. The maximum absolute atomic E-state index is 2.35. The van der Waals surface area contributed by atoms with E-state index in [1.165, 1.54) is 88.3 Å². The lowest BCUT2D eigenvalue weighted by Crippen LogP contribution is -2.30. The molecule has 0 radical (unpaired) electrons. The molecule has 0 amide bonds. The fraction of sp³-hybridized carbons (Fsp3) is 0.0169. The van der Waals surface area contributed by atoms with Crippen molar-refractivity contribution in [2.24, 2.45) is 0 Å². The Bertz CT molecular complexity index is 2820. The van der Waals surface area contributed by atoms with E-state index in [2.05, 4.69) is 255 Å². The lowest BCUT2D eigenvalue weighted by Gasteiger charge is -2.37. The van der Waals surface area contributed by atoms with Gasteiger partial charge in [-0.3, -0.25) is 0 Å². The molecule has 0 aliphatic heterocycles. The number of fused-ring (bicyclic) bond motifs is 2. The molecule has 59 heavy (non-hydrogen) atoms. The van der Waals surface area contributed by atoms with Crippen LogP contribution in [0.25, 0.3) is 55.4 Å². The van der Waals surface area contributed by atoms with Crippen molar-refractivity contribution in [3.8, 4) is 22.3 Å². The van der Waals surface area contributed by atoms with Gasteiger partial charge in [0, 0.05) is 0 Å². The topological polar surface area (TPSA) is 0 Å². The second-order valence-corrected chi connectivity index (χ2v) is 15.2. The van der Waals surface area contributed by atoms with Crippen LogP contribution in [-0.4, -0.2) is 0 Å². The summed E-state index contributed by atoms with van der Waals surface area (Å²) in [5.74, 6) is 0. The van der Waals surface area contributed by atoms with E-state index >= 15 is 0 Å². The van der Waals surface area contributed by atoms with E-state index in [4.69, 9.17) is 0 Å². The monoisotopic (exact) mass is 750 g/mol. The van der Waals surface area contributed by atoms with Crippen molar-refractivity contribution >= 4 is 33.2 Å². The molecule has 0 nitrogen and oxygen atoms in total. The molecule has 10 aromatic carbocycles. The molecule has 0 aliphatic carbocycles. The third-order valence-electron chi connectivity index (χ3n) is 11.8. The Morgan fingerprint density at radius 1 is 0.271 bits per heavy atom. The molecule has 0 unspecified atom stereocenters. The van der Waals surface area contributed by atoms with Crippen LogP contribution in [-0.2, 0) is 5.41 Å². The minimum atomic E-state index is -0.499. The summed E-state index contributed by atoms with van der Waals surface area (Å²) in [5, 5.41) is 4.98. The van der Waals surface area contributed by atoms with Crippen LogP contribution in [0.3, 0.4) is 0 Å². The molecule has 0 aliphatic rings. The van der Waals surface area contributed by atoms with Crippen molar-refractivity contribution in [3.05, 3.63) is 288 Å². The van der Waals surface area contributed by atoms with Crippen LogP contribution in [0, 0.1) is 0 Å². The van der Waals surface area contributed by atoms with Gasteiger partial charge in [-0.2, -0.15) is 0 Å². The normalized spacial score (nSPS) is 11.4. The molecule has 0 bridgehead atoms. The average molecular weight is 751 g/mol. The molecule has 0 saturated carbocycles. The van der Waals surface area contributed by atoms with E-state index in [9.17, 15) is 0 Å². The van der Waals surface area contributed by atoms with E-state index in [0.29, 0.717) is 0 Å². The van der Waals surface area contributed by atoms with Gasteiger partial charge in [-0.1, -0.05) is 249 Å². The van der Waals surface area contributed by atoms with Crippen LogP contribution in [0.15, 0.2) is 249 Å². The Hall–Kier alpha value is -7.54. The first-order valence-corrected chi connectivity index (χ1v) is 20.4. The van der Waals surface area contributed by atoms with Gasteiger partial charge in [-0.15, -0.1) is 0 Å². The number of benzene rings is 10. The molecule has 0 N–H and O–H groups in total. The Balaban J connectivity index is 1.11. The molecular formula is C59H42. The van der Waals surface area contributed by atoms with E-state index in [-0.39, 0.29) is 0 Å². The first-order chi connectivity index (χ1) is 29.3. The quantitative estimate of drug-likeness (QED) is 0.0783. The zero-order valence-electron chi connectivity index (χ0n) is 32.7. The van der Waals surface area contributed by atoms with E-state index in [1.54, 1.807) is 0 Å². The van der Waals surface area contributed by atoms with Gasteiger partial charge in [0.2, 0.25) is 0 Å². The van der Waals surface area contributed by atoms with Gasteiger partial charge in [-0.05, 0) is 94.4 Å². The van der Waals surface area contributed by atoms with Crippen LogP contribution in [0.2, 0.25) is 0 Å². The summed E-state index contributed by atoms with van der Waals surface area (Å²) in [7, 11) is 0. The molecule has 0 atom stereocenters. The summed E-state index contributed by atoms with van der Waals surface area (Å²) in [6.07, 6.45) is 2.31. The van der Waals surface area contributed by atoms with Gasteiger partial charge in [-0.25, -0.2) is 0 Å². The third-order valence-corrected chi connectivity index (χ3v) is 11.8. The summed E-state index contributed by atoms with van der Waals surface area (Å²) in [5.41, 5.74) is 14.1. The van der Waals surface area contributed by atoms with Crippen LogP contribution < -0.4 is 0 Å². The first kappa shape index (κ1) is 35.8. The van der Waals surface area contributed by atoms with Crippen molar-refractivity contribution < 1.29 is 0 Å². The largest absolute Gasteiger partial charge is 0.0701 e. The molecule has 0 aromatic heterocycles. The Morgan fingerprint density at radius 3 is 0.915 bits per heavy atom. The number of hydrogen-bond acceptors (Lipinski definition) is 0. The van der Waals surface area contributed by atoms with Gasteiger partial charge < -0.3 is 0 Å². The molecular weight excluding hydrogens is 709 g/mol. The van der Waals surface area contributed by atoms with Gasteiger partial charge in [0.05, 0.1) is 5.41 Å². The van der Waals surface area contributed by atoms with Gasteiger partial charge in [0.15, 0.2) is 0 Å². The highest BCUT2D eigenvalue weighted by Gasteiger charge is 2.38. The third kappa shape index (κ3) is 6.55. The molecule has 10 aromatic rings. The molecule has 278 valence electrons. The summed E-state index contributed by atoms with van der Waals surface area (Å²) in [6, 6.07) is 90.5. The fourth-order valence-electron chi connectivity index (χ4n) is 9.18. The van der Waals surface area contributed by atoms with Crippen LogP contribution in [0.1, 0.15) is 38.9 Å². The second-order valence-electron chi connectivity index (χ2n) is 15.2. The molecule has 0 heteroatoms. The predicted molar refractivity (Wildman–Crippen MR) is 250 cm³/mol. The molecule has 0 heterocycles. The lowest BCUT2D eigenvalue weighted by atomic mass is 9.65. The van der Waals surface area contributed by atoms with Gasteiger partial charge in [0.1, 0.15) is 0 Å². The highest BCUT2D eigenvalue weighted by Crippen LogP contribution is 2.47. The maximum Gasteiger partial charge on any atom is 0.0701 e. The predicted octanol–water partition coefficient (Wildman–Crippen LogP) is 15.3. The highest BCUT2D eigenvalue weighted by molar-refractivity contribution is 6.21. The molecule has 10 rings (SSSR count). The number of hydrogen-bond donors (Lipinski definition) is 0. The zero-order chi connectivity index (χ0) is 39.4. The Labute approximate surface area is 347 Å². The Kier molecular flexibility index (Phi) is 9.58. The van der Waals surface area contributed by atoms with E-state index < -0.39 is 5.41 Å². The smallest absolute Gasteiger partial charge is 0.0622 e. The van der Waals surface area contributed by atoms with Gasteiger partial charge >= 0.3 is 0 Å². The van der Waals surface area contributed by atoms with E-state index in [1.807, 2.05) is 0 Å². The van der Waals surface area contributed by atoms with Crippen molar-refractivity contribution in [3.63, 3.8) is 0 Å². The fourth-order valence-corrected chi connectivity index (χ4v) is 9.18. The first-order valence-electron chi connectivity index (χ1n) is 20.4. The van der Waals surface area contributed by atoms with Crippen molar-refractivity contribution in [1.82, 2.24) is 0 Å². The second kappa shape index (κ2) is 15.8. The van der Waals surface area contributed by atoms with Crippen molar-refractivity contribution in [1.29, 1.82) is 0 Å². The lowest BCUT2D eigenvalue weighted by molar-refractivity contribution is 0.745. The highest BCUT2D eigenvalue weighted by atomic mass is 14.4. The van der Waals surface area contributed by atoms with Crippen molar-refractivity contribution in [2.45, 2.75) is 5.41 Å². The maximum atomic E-state index is 2.35. The average Bonchev–Trinajstić information content (AvgIpc) is 3.32. The van der Waals surface area contributed by atoms with Crippen LogP contribution in [0.5, 0.6) is 0 Å². The minimum Gasteiger partial charge on any atom is -0.0622 e. The van der Waals surface area contributed by atoms with Crippen molar-refractivity contribution in [2.75, 3.05) is 0 Å². The van der Waals surface area contributed by atoms with E-state index in [0.717, 1.165) is 0 Å². The number of rotatable bonds is 9. The summed E-state index contributed by atoms with van der Waals surface area (Å²) in [4.78, 5) is 0. The van der Waals surface area contributed by atoms with Gasteiger partial charge in [0.25, 0.3) is 0 Å². The molecule has 0 fully saturated rings. The SMILES string of the molecule is C(=C(c1ccccc1)c1ccccc1)c1ccc(-c2c3ccccc3c(-c3ccc(C(c4ccccc4)(c4ccccc4)c4ccccc4)cc3)c3ccccc23)cc1. The summed E-state index contributed by atoms with van der Waals surface area (Å²) < 4.78 is 0. The zero-order valence-corrected chi connectivity index (χ0v) is 32.7. The molecule has 0 saturated heterocycles. The Morgan fingerprint density at radius 2 is 0.559 bits per heavy atom. The summed E-state index contributed by atoms with van der Waals surface area (Å²) in [6.45, 7) is 0. The summed E-state index contributed by atoms with van der Waals surface area (Å²) >= 11 is 0. The molecule has 0 spiro atoms. The van der Waals surface area contributed by atoms with Crippen LogP contribution in [0.4, 0.5) is 0 Å².